The maximum atomic E-state index is 9.60. The lowest BCUT2D eigenvalue weighted by molar-refractivity contribution is 0.205. The number of aliphatic hydroxyl groups is 1. The van der Waals surface area contributed by atoms with Crippen LogP contribution in [0.3, 0.4) is 0 Å². The molecule has 0 unspecified atom stereocenters. The minimum absolute atomic E-state index is 0.0544. The van der Waals surface area contributed by atoms with Gasteiger partial charge in [0.1, 0.15) is 5.65 Å². The zero-order chi connectivity index (χ0) is 13.7. The molecule has 0 aliphatic rings. The summed E-state index contributed by atoms with van der Waals surface area (Å²) in [7, 11) is 1.67. The van der Waals surface area contributed by atoms with E-state index in [-0.39, 0.29) is 6.61 Å². The van der Waals surface area contributed by atoms with E-state index in [9.17, 15) is 5.11 Å². The smallest absolute Gasteiger partial charge is 0.153 e. The predicted molar refractivity (Wildman–Crippen MR) is 75.4 cm³/mol. The summed E-state index contributed by atoms with van der Waals surface area (Å²) in [5, 5.41) is 9.60. The minimum atomic E-state index is -0.0544. The minimum Gasteiger partial charge on any atom is -0.390 e. The molecular weight excluding hydrogens is 242 g/mol. The molecule has 0 aromatic carbocycles. The second-order valence-electron chi connectivity index (χ2n) is 4.20. The predicted octanol–water partition coefficient (Wildman–Crippen LogP) is 1.47. The first-order valence-electron chi connectivity index (χ1n) is 6.23. The van der Waals surface area contributed by atoms with Crippen LogP contribution in [0.1, 0.15) is 5.69 Å². The lowest BCUT2D eigenvalue weighted by Crippen LogP contribution is -2.28. The van der Waals surface area contributed by atoms with E-state index in [0.29, 0.717) is 19.7 Å². The fraction of sp³-hybridized carbons (Fsp3) is 0.357. The van der Waals surface area contributed by atoms with Gasteiger partial charge in [0.2, 0.25) is 0 Å². The number of hydrogen-bond donors (Lipinski definition) is 1. The normalized spacial score (nSPS) is 10.8. The van der Waals surface area contributed by atoms with Crippen LogP contribution in [0, 0.1) is 0 Å². The highest BCUT2D eigenvalue weighted by atomic mass is 16.5. The Balaban J connectivity index is 2.42. The first kappa shape index (κ1) is 13.6. The molecular formula is C14H19N3O2. The van der Waals surface area contributed by atoms with Crippen molar-refractivity contribution in [3.63, 3.8) is 0 Å². The van der Waals surface area contributed by atoms with E-state index < -0.39 is 0 Å². The highest BCUT2D eigenvalue weighted by Gasteiger charge is 2.16. The first-order valence-corrected chi connectivity index (χ1v) is 6.23. The molecule has 0 saturated carbocycles. The maximum absolute atomic E-state index is 9.60. The Bertz CT molecular complexity index is 551. The van der Waals surface area contributed by atoms with Crippen LogP contribution in [-0.2, 0) is 11.3 Å². The van der Waals surface area contributed by atoms with Crippen LogP contribution in [0.5, 0.6) is 0 Å². The Kier molecular flexibility index (Phi) is 4.54. The summed E-state index contributed by atoms with van der Waals surface area (Å²) in [4.78, 5) is 6.63. The second kappa shape index (κ2) is 6.36. The quantitative estimate of drug-likeness (QED) is 0.767. The molecule has 0 fully saturated rings. The number of aliphatic hydroxyl groups excluding tert-OH is 1. The van der Waals surface area contributed by atoms with Gasteiger partial charge in [0.25, 0.3) is 0 Å². The molecule has 1 N–H and O–H groups in total. The molecule has 2 rings (SSSR count). The van der Waals surface area contributed by atoms with Crippen LogP contribution in [0.25, 0.3) is 5.65 Å². The number of pyridine rings is 1. The molecule has 0 bridgehead atoms. The third-order valence-electron chi connectivity index (χ3n) is 2.97. The number of hydrogen-bond acceptors (Lipinski definition) is 4. The van der Waals surface area contributed by atoms with Crippen LogP contribution < -0.4 is 4.90 Å². The lowest BCUT2D eigenvalue weighted by atomic mass is 10.3. The molecule has 0 saturated heterocycles. The summed E-state index contributed by atoms with van der Waals surface area (Å²) in [5.74, 6) is 0.783. The number of ether oxygens (including phenoxy) is 1. The van der Waals surface area contributed by atoms with Crippen LogP contribution >= 0.6 is 0 Å². The summed E-state index contributed by atoms with van der Waals surface area (Å²) < 4.78 is 7.02. The summed E-state index contributed by atoms with van der Waals surface area (Å²) in [6.45, 7) is 5.69. The van der Waals surface area contributed by atoms with Gasteiger partial charge < -0.3 is 14.7 Å². The molecule has 0 aliphatic heterocycles. The highest BCUT2D eigenvalue weighted by Crippen LogP contribution is 2.21. The van der Waals surface area contributed by atoms with Crippen molar-refractivity contribution in [2.75, 3.05) is 31.7 Å². The summed E-state index contributed by atoms with van der Waals surface area (Å²) in [6, 6.07) is 5.77. The van der Waals surface area contributed by atoms with Gasteiger partial charge in [0, 0.05) is 26.4 Å². The van der Waals surface area contributed by atoms with Crippen LogP contribution in [0.15, 0.2) is 37.1 Å². The number of imidazole rings is 1. The van der Waals surface area contributed by atoms with E-state index >= 15 is 0 Å². The third-order valence-corrected chi connectivity index (χ3v) is 2.97. The molecule has 0 atom stereocenters. The molecule has 0 radical (unpaired) electrons. The highest BCUT2D eigenvalue weighted by molar-refractivity contribution is 5.56. The van der Waals surface area contributed by atoms with Gasteiger partial charge in [-0.1, -0.05) is 12.1 Å². The van der Waals surface area contributed by atoms with Crippen molar-refractivity contribution in [1.29, 1.82) is 0 Å². The molecule has 5 heteroatoms. The third kappa shape index (κ3) is 2.77. The molecule has 0 spiro atoms. The van der Waals surface area contributed by atoms with Gasteiger partial charge in [-0.3, -0.25) is 4.40 Å². The molecule has 0 amide bonds. The SMILES string of the molecule is C=CCN(CCOC)c1nc2ccccn2c1CO. The van der Waals surface area contributed by atoms with Gasteiger partial charge in [0.05, 0.1) is 18.9 Å². The fourth-order valence-corrected chi connectivity index (χ4v) is 2.08. The van der Waals surface area contributed by atoms with E-state index in [2.05, 4.69) is 16.5 Å². The Morgan fingerprint density at radius 1 is 1.53 bits per heavy atom. The zero-order valence-corrected chi connectivity index (χ0v) is 11.1. The molecule has 102 valence electrons. The van der Waals surface area contributed by atoms with Crippen molar-refractivity contribution in [1.82, 2.24) is 9.38 Å². The molecule has 2 aromatic heterocycles. The van der Waals surface area contributed by atoms with E-state index in [1.807, 2.05) is 34.9 Å². The van der Waals surface area contributed by atoms with Gasteiger partial charge >= 0.3 is 0 Å². The van der Waals surface area contributed by atoms with E-state index in [1.54, 1.807) is 7.11 Å². The van der Waals surface area contributed by atoms with Gasteiger partial charge in [-0.2, -0.15) is 0 Å². The Hall–Kier alpha value is -1.85. The molecule has 19 heavy (non-hydrogen) atoms. The van der Waals surface area contributed by atoms with Crippen molar-refractivity contribution in [2.45, 2.75) is 6.61 Å². The Labute approximate surface area is 112 Å². The van der Waals surface area contributed by atoms with Crippen molar-refractivity contribution in [3.8, 4) is 0 Å². The number of aromatic nitrogens is 2. The fourth-order valence-electron chi connectivity index (χ4n) is 2.08. The average molecular weight is 261 g/mol. The number of fused-ring (bicyclic) bond motifs is 1. The zero-order valence-electron chi connectivity index (χ0n) is 11.1. The summed E-state index contributed by atoms with van der Waals surface area (Å²) in [6.07, 6.45) is 3.72. The van der Waals surface area contributed by atoms with E-state index in [1.165, 1.54) is 0 Å². The first-order chi connectivity index (χ1) is 9.31. The van der Waals surface area contributed by atoms with Gasteiger partial charge in [-0.25, -0.2) is 4.98 Å². The van der Waals surface area contributed by atoms with Crippen molar-refractivity contribution >= 4 is 11.5 Å². The van der Waals surface area contributed by atoms with Crippen LogP contribution in [0.4, 0.5) is 5.82 Å². The Morgan fingerprint density at radius 3 is 3.05 bits per heavy atom. The number of methoxy groups -OCH3 is 1. The summed E-state index contributed by atoms with van der Waals surface area (Å²) in [5.41, 5.74) is 1.61. The summed E-state index contributed by atoms with van der Waals surface area (Å²) >= 11 is 0. The largest absolute Gasteiger partial charge is 0.390 e. The van der Waals surface area contributed by atoms with Gasteiger partial charge in [-0.05, 0) is 12.1 Å². The van der Waals surface area contributed by atoms with Gasteiger partial charge in [-0.15, -0.1) is 6.58 Å². The number of anilines is 1. The lowest BCUT2D eigenvalue weighted by Gasteiger charge is -2.21. The van der Waals surface area contributed by atoms with E-state index in [4.69, 9.17) is 4.74 Å². The molecule has 2 heterocycles. The second-order valence-corrected chi connectivity index (χ2v) is 4.20. The standard InChI is InChI=1S/C14H19N3O2/c1-3-7-16(9-10-19-2)14-12(11-18)17-8-5-4-6-13(17)15-14/h3-6,8,18H,1,7,9-11H2,2H3. The Morgan fingerprint density at radius 2 is 2.37 bits per heavy atom. The maximum Gasteiger partial charge on any atom is 0.153 e. The molecule has 5 nitrogen and oxygen atoms in total. The van der Waals surface area contributed by atoms with Crippen molar-refractivity contribution in [3.05, 3.63) is 42.7 Å². The van der Waals surface area contributed by atoms with Crippen LogP contribution in [-0.4, -0.2) is 41.3 Å². The monoisotopic (exact) mass is 261 g/mol. The number of rotatable bonds is 7. The number of nitrogens with zero attached hydrogens (tertiary/aromatic N) is 3. The average Bonchev–Trinajstić information content (AvgIpc) is 2.81. The van der Waals surface area contributed by atoms with Gasteiger partial charge in [0.15, 0.2) is 5.82 Å². The molecule has 2 aromatic rings. The topological polar surface area (TPSA) is 50.0 Å². The van der Waals surface area contributed by atoms with Crippen molar-refractivity contribution in [2.24, 2.45) is 0 Å². The van der Waals surface area contributed by atoms with E-state index in [0.717, 1.165) is 17.2 Å². The van der Waals surface area contributed by atoms with Crippen molar-refractivity contribution < 1.29 is 9.84 Å². The molecule has 0 aliphatic carbocycles. The van der Waals surface area contributed by atoms with Crippen LogP contribution in [0.2, 0.25) is 0 Å².